The summed E-state index contributed by atoms with van der Waals surface area (Å²) in [5, 5.41) is 0. The van der Waals surface area contributed by atoms with Crippen molar-refractivity contribution in [3.63, 3.8) is 0 Å². The maximum Gasteiger partial charge on any atom is 0.0881 e. The molecule has 3 fully saturated rings. The molecular weight excluding hydrogens is 684 g/mol. The summed E-state index contributed by atoms with van der Waals surface area (Å²) < 4.78 is 0.203. The van der Waals surface area contributed by atoms with Gasteiger partial charge in [-0.3, -0.25) is 0 Å². The van der Waals surface area contributed by atoms with Gasteiger partial charge in [-0.15, -0.1) is 0 Å². The van der Waals surface area contributed by atoms with Crippen molar-refractivity contribution in [3.05, 3.63) is 41.0 Å². The second-order valence-electron chi connectivity index (χ2n) is 6.87. The zero-order chi connectivity index (χ0) is 16.8. The van der Waals surface area contributed by atoms with Crippen molar-refractivity contribution in [1.82, 2.24) is 0 Å². The molecule has 0 spiro atoms. The number of halogens is 6. The molecule has 0 amide bonds. The molecule has 3 aliphatic carbocycles. The maximum absolute atomic E-state index is 4.05. The second kappa shape index (κ2) is 5.67. The van der Waals surface area contributed by atoms with Gasteiger partial charge in [0.05, 0.1) is 9.70 Å². The maximum atomic E-state index is 4.05. The molecule has 0 radical (unpaired) electrons. The first-order valence-electron chi connectivity index (χ1n) is 7.50. The van der Waals surface area contributed by atoms with Gasteiger partial charge in [0.2, 0.25) is 0 Å². The molecule has 124 valence electrons. The van der Waals surface area contributed by atoms with Gasteiger partial charge in [0.25, 0.3) is 0 Å². The van der Waals surface area contributed by atoms with Gasteiger partial charge in [0.1, 0.15) is 0 Å². The summed E-state index contributed by atoms with van der Waals surface area (Å²) in [5.74, 6) is 1.57. The van der Waals surface area contributed by atoms with Crippen LogP contribution in [0.15, 0.2) is 18.7 Å². The summed E-state index contributed by atoms with van der Waals surface area (Å²) in [4.78, 5) is 0. The van der Waals surface area contributed by atoms with E-state index in [1.807, 2.05) is 6.08 Å². The molecule has 0 bridgehead atoms. The lowest BCUT2D eigenvalue weighted by Crippen LogP contribution is -2.03. The summed E-state index contributed by atoms with van der Waals surface area (Å²) >= 11 is 22.8. The van der Waals surface area contributed by atoms with Crippen LogP contribution in [0.5, 0.6) is 0 Å². The van der Waals surface area contributed by atoms with Crippen LogP contribution in [0.4, 0.5) is 0 Å². The van der Waals surface area contributed by atoms with E-state index in [1.165, 1.54) is 22.3 Å². The second-order valence-corrected chi connectivity index (χ2v) is 18.6. The number of hydrogen-bond acceptors (Lipinski definition) is 0. The van der Waals surface area contributed by atoms with Gasteiger partial charge >= 0.3 is 0 Å². The first-order chi connectivity index (χ1) is 10.6. The normalized spacial score (nSPS) is 34.8. The molecule has 0 nitrogen and oxygen atoms in total. The van der Waals surface area contributed by atoms with E-state index in [0.29, 0.717) is 17.8 Å². The van der Waals surface area contributed by atoms with Crippen molar-refractivity contribution in [2.24, 2.45) is 0 Å². The monoisotopic (exact) mass is 692 g/mol. The molecule has 0 N–H and O–H groups in total. The number of rotatable bonds is 4. The van der Waals surface area contributed by atoms with Crippen molar-refractivity contribution < 1.29 is 0 Å². The smallest absolute Gasteiger partial charge is 0.0881 e. The van der Waals surface area contributed by atoms with Crippen LogP contribution < -0.4 is 0 Å². The van der Waals surface area contributed by atoms with Gasteiger partial charge in [-0.05, 0) is 41.5 Å². The third-order valence-electron chi connectivity index (χ3n) is 5.11. The Morgan fingerprint density at radius 1 is 0.739 bits per heavy atom. The summed E-state index contributed by atoms with van der Waals surface area (Å²) in [6, 6.07) is 4.81. The van der Waals surface area contributed by atoms with Gasteiger partial charge in [0, 0.05) is 17.8 Å². The van der Waals surface area contributed by atoms with Crippen molar-refractivity contribution in [2.45, 2.75) is 46.7 Å². The largest absolute Gasteiger partial charge is 0.0985 e. The Balaban J connectivity index is 1.81. The minimum atomic E-state index is 0.0637. The Morgan fingerprint density at radius 2 is 1.09 bits per heavy atom. The first-order valence-corrected chi connectivity index (χ1v) is 12.3. The molecule has 3 atom stereocenters. The van der Waals surface area contributed by atoms with E-state index in [2.05, 4.69) is 114 Å². The molecule has 3 unspecified atom stereocenters. The molecule has 4 rings (SSSR count). The number of hydrogen-bond donors (Lipinski definition) is 0. The Kier molecular flexibility index (Phi) is 4.49. The fourth-order valence-electron chi connectivity index (χ4n) is 3.40. The van der Waals surface area contributed by atoms with Crippen LogP contribution >= 0.6 is 95.6 Å². The number of alkyl halides is 6. The Morgan fingerprint density at radius 3 is 1.43 bits per heavy atom. The Hall–Kier alpha value is 1.84. The average Bonchev–Trinajstić information content (AvgIpc) is 3.37. The minimum absolute atomic E-state index is 0.0637. The van der Waals surface area contributed by atoms with E-state index in [4.69, 9.17) is 0 Å². The number of benzene rings is 1. The van der Waals surface area contributed by atoms with Crippen LogP contribution in [-0.2, 0) is 0 Å². The van der Waals surface area contributed by atoms with E-state index >= 15 is 0 Å². The van der Waals surface area contributed by atoms with E-state index < -0.39 is 0 Å². The predicted octanol–water partition coefficient (Wildman–Crippen LogP) is 8.25. The molecule has 3 saturated carbocycles. The van der Waals surface area contributed by atoms with Crippen molar-refractivity contribution in [2.75, 3.05) is 0 Å². The van der Waals surface area contributed by atoms with E-state index in [-0.39, 0.29) is 9.70 Å². The summed E-state index contributed by atoms with van der Waals surface area (Å²) in [6.45, 7) is 4.05. The molecule has 0 heterocycles. The van der Waals surface area contributed by atoms with Gasteiger partial charge in [-0.1, -0.05) is 120 Å². The SMILES string of the molecule is C=Cc1cc(C2CC2(Br)Br)c(C2CC2(Br)Br)cc1C1CC1(Br)Br. The highest BCUT2D eigenvalue weighted by Gasteiger charge is 2.58. The third-order valence-corrected chi connectivity index (χ3v) is 10.4. The molecule has 1 aromatic carbocycles. The summed E-state index contributed by atoms with van der Waals surface area (Å²) in [7, 11) is 0. The lowest BCUT2D eigenvalue weighted by Gasteiger charge is -2.17. The molecule has 0 saturated heterocycles. The standard InChI is InChI=1S/C17H14Br6/c1-2-8-3-10(13-6-16(13,20)21)11(14-7-17(14,22)23)4-9(8)12-5-15(12,18)19/h2-4,12-14H,1,5-7H2. The Bertz CT molecular complexity index is 705. The van der Waals surface area contributed by atoms with E-state index in [1.54, 1.807) is 0 Å². The van der Waals surface area contributed by atoms with Gasteiger partial charge < -0.3 is 0 Å². The highest BCUT2D eigenvalue weighted by Crippen LogP contribution is 2.69. The first kappa shape index (κ1) is 18.2. The Labute approximate surface area is 187 Å². The lowest BCUT2D eigenvalue weighted by molar-refractivity contribution is 0.993. The van der Waals surface area contributed by atoms with Crippen LogP contribution in [0.2, 0.25) is 0 Å². The van der Waals surface area contributed by atoms with Gasteiger partial charge in [-0.25, -0.2) is 0 Å². The molecular formula is C17H14Br6. The molecule has 0 aliphatic heterocycles. The van der Waals surface area contributed by atoms with Gasteiger partial charge in [-0.2, -0.15) is 0 Å². The van der Waals surface area contributed by atoms with Gasteiger partial charge in [0.15, 0.2) is 0 Å². The molecule has 23 heavy (non-hydrogen) atoms. The summed E-state index contributed by atoms with van der Waals surface area (Å²) in [6.07, 6.45) is 5.39. The van der Waals surface area contributed by atoms with E-state index in [9.17, 15) is 0 Å². The zero-order valence-corrected chi connectivity index (χ0v) is 21.6. The highest BCUT2D eigenvalue weighted by atomic mass is 79.9. The predicted molar refractivity (Wildman–Crippen MR) is 120 cm³/mol. The molecule has 6 heteroatoms. The summed E-state index contributed by atoms with van der Waals surface area (Å²) in [5.41, 5.74) is 5.62. The lowest BCUT2D eigenvalue weighted by atomic mass is 9.91. The minimum Gasteiger partial charge on any atom is -0.0985 e. The van der Waals surface area contributed by atoms with E-state index in [0.717, 1.165) is 19.3 Å². The quantitative estimate of drug-likeness (QED) is 0.278. The van der Waals surface area contributed by atoms with Crippen LogP contribution in [0.3, 0.4) is 0 Å². The van der Waals surface area contributed by atoms with Crippen molar-refractivity contribution >= 4 is 102 Å². The van der Waals surface area contributed by atoms with Crippen LogP contribution in [0.25, 0.3) is 6.08 Å². The average molecular weight is 698 g/mol. The van der Waals surface area contributed by atoms with Crippen molar-refractivity contribution in [1.29, 1.82) is 0 Å². The van der Waals surface area contributed by atoms with Crippen molar-refractivity contribution in [3.8, 4) is 0 Å². The molecule has 3 aliphatic rings. The fraction of sp³-hybridized carbons (Fsp3) is 0.529. The third kappa shape index (κ3) is 3.28. The fourth-order valence-corrected chi connectivity index (χ4v) is 6.82. The zero-order valence-electron chi connectivity index (χ0n) is 12.1. The topological polar surface area (TPSA) is 0 Å². The van der Waals surface area contributed by atoms with Crippen LogP contribution in [0.1, 0.15) is 59.3 Å². The highest BCUT2D eigenvalue weighted by molar-refractivity contribution is 9.26. The molecule has 0 aromatic heterocycles. The van der Waals surface area contributed by atoms with Crippen LogP contribution in [-0.4, -0.2) is 9.70 Å². The van der Waals surface area contributed by atoms with Crippen LogP contribution in [0, 0.1) is 0 Å². The molecule has 1 aromatic rings.